The molecule has 0 bridgehead atoms. The van der Waals surface area contributed by atoms with Gasteiger partial charge < -0.3 is 10.4 Å². The fourth-order valence-electron chi connectivity index (χ4n) is 2.33. The normalized spacial score (nSPS) is 17.8. The molecule has 1 atom stereocenters. The van der Waals surface area contributed by atoms with Crippen molar-refractivity contribution in [3.05, 3.63) is 47.5 Å². The van der Waals surface area contributed by atoms with E-state index in [1.54, 1.807) is 11.8 Å². The van der Waals surface area contributed by atoms with Gasteiger partial charge in [-0.05, 0) is 16.3 Å². The lowest BCUT2D eigenvalue weighted by Crippen LogP contribution is -2.17. The summed E-state index contributed by atoms with van der Waals surface area (Å²) in [6.45, 7) is 0.125. The summed E-state index contributed by atoms with van der Waals surface area (Å²) < 4.78 is 0. The number of thioether (sulfide) groups is 1. The summed E-state index contributed by atoms with van der Waals surface area (Å²) in [6.07, 6.45) is 0. The lowest BCUT2D eigenvalue weighted by molar-refractivity contribution is 0.0966. The number of aliphatic hydroxyl groups is 1. The zero-order valence-corrected chi connectivity index (χ0v) is 10.5. The minimum absolute atomic E-state index is 0.0164. The van der Waals surface area contributed by atoms with E-state index in [0.29, 0.717) is 5.75 Å². The predicted octanol–water partition coefficient (Wildman–Crippen LogP) is 2.31. The molecule has 0 radical (unpaired) electrons. The van der Waals surface area contributed by atoms with Crippen LogP contribution in [0, 0.1) is 0 Å². The van der Waals surface area contributed by atoms with E-state index in [0.717, 1.165) is 21.9 Å². The molecule has 3 nitrogen and oxygen atoms in total. The highest BCUT2D eigenvalue weighted by molar-refractivity contribution is 7.99. The zero-order valence-electron chi connectivity index (χ0n) is 9.72. The van der Waals surface area contributed by atoms with Gasteiger partial charge >= 0.3 is 0 Å². The van der Waals surface area contributed by atoms with Crippen molar-refractivity contribution in [3.63, 3.8) is 0 Å². The van der Waals surface area contributed by atoms with Gasteiger partial charge in [0.2, 0.25) is 0 Å². The van der Waals surface area contributed by atoms with Gasteiger partial charge in [0.25, 0.3) is 5.91 Å². The molecule has 1 heterocycles. The number of fused-ring (bicyclic) bond motifs is 3. The molecule has 2 aromatic carbocycles. The number of hydrogen-bond donors (Lipinski definition) is 2. The molecule has 1 aliphatic heterocycles. The number of hydrogen-bond acceptors (Lipinski definition) is 3. The van der Waals surface area contributed by atoms with Crippen LogP contribution in [0.15, 0.2) is 36.4 Å². The van der Waals surface area contributed by atoms with E-state index in [-0.39, 0.29) is 17.9 Å². The predicted molar refractivity (Wildman–Crippen MR) is 73.7 cm³/mol. The third-order valence-electron chi connectivity index (χ3n) is 3.11. The highest BCUT2D eigenvalue weighted by Gasteiger charge is 2.29. The van der Waals surface area contributed by atoms with Gasteiger partial charge in [-0.1, -0.05) is 36.4 Å². The maximum Gasteiger partial charge on any atom is 0.253 e. The van der Waals surface area contributed by atoms with Crippen molar-refractivity contribution in [3.8, 4) is 0 Å². The van der Waals surface area contributed by atoms with Crippen molar-refractivity contribution in [1.29, 1.82) is 0 Å². The number of nitrogens with one attached hydrogen (secondary N) is 1. The molecule has 3 rings (SSSR count). The molecule has 1 amide bonds. The van der Waals surface area contributed by atoms with E-state index < -0.39 is 0 Å². The summed E-state index contributed by atoms with van der Waals surface area (Å²) in [6, 6.07) is 12.0. The minimum Gasteiger partial charge on any atom is -0.396 e. The number of benzene rings is 2. The molecule has 0 saturated carbocycles. The number of rotatable bonds is 3. The SMILES string of the molecule is O=C1NC(SCCO)c2ccc3ccccc3c21. The lowest BCUT2D eigenvalue weighted by atomic mass is 10.0. The zero-order chi connectivity index (χ0) is 12.5. The average molecular weight is 259 g/mol. The molecule has 2 N–H and O–H groups in total. The Labute approximate surface area is 109 Å². The first-order chi connectivity index (χ1) is 8.81. The van der Waals surface area contributed by atoms with Crippen molar-refractivity contribution in [2.45, 2.75) is 5.37 Å². The molecule has 0 spiro atoms. The first kappa shape index (κ1) is 11.6. The fraction of sp³-hybridized carbons (Fsp3) is 0.214. The molecule has 1 aliphatic rings. The van der Waals surface area contributed by atoms with E-state index >= 15 is 0 Å². The molecule has 4 heteroatoms. The van der Waals surface area contributed by atoms with E-state index in [1.807, 2.05) is 36.4 Å². The Morgan fingerprint density at radius 2 is 2.06 bits per heavy atom. The lowest BCUT2D eigenvalue weighted by Gasteiger charge is -2.10. The Balaban J connectivity index is 2.11. The molecule has 0 aliphatic carbocycles. The van der Waals surface area contributed by atoms with E-state index in [4.69, 9.17) is 5.11 Å². The molecule has 1 unspecified atom stereocenters. The van der Waals surface area contributed by atoms with Crippen LogP contribution in [-0.2, 0) is 0 Å². The maximum atomic E-state index is 12.1. The number of carbonyl (C=O) groups is 1. The van der Waals surface area contributed by atoms with Crippen LogP contribution in [0.25, 0.3) is 10.8 Å². The van der Waals surface area contributed by atoms with Crippen LogP contribution >= 0.6 is 11.8 Å². The molecule has 92 valence electrons. The van der Waals surface area contributed by atoms with Crippen LogP contribution in [0.4, 0.5) is 0 Å². The smallest absolute Gasteiger partial charge is 0.253 e. The van der Waals surface area contributed by atoms with Crippen molar-refractivity contribution in [2.24, 2.45) is 0 Å². The molecule has 18 heavy (non-hydrogen) atoms. The monoisotopic (exact) mass is 259 g/mol. The summed E-state index contributed by atoms with van der Waals surface area (Å²) >= 11 is 1.56. The van der Waals surface area contributed by atoms with Gasteiger partial charge in [0.05, 0.1) is 12.2 Å². The average Bonchev–Trinajstić information content (AvgIpc) is 2.73. The third-order valence-corrected chi connectivity index (χ3v) is 4.23. The van der Waals surface area contributed by atoms with Crippen molar-refractivity contribution < 1.29 is 9.90 Å². The van der Waals surface area contributed by atoms with Crippen LogP contribution in [-0.4, -0.2) is 23.4 Å². The molecule has 2 aromatic rings. The quantitative estimate of drug-likeness (QED) is 0.889. The molecule has 0 saturated heterocycles. The highest BCUT2D eigenvalue weighted by Crippen LogP contribution is 2.37. The Morgan fingerprint density at radius 1 is 1.22 bits per heavy atom. The second kappa shape index (κ2) is 4.63. The maximum absolute atomic E-state index is 12.1. The third kappa shape index (κ3) is 1.78. The van der Waals surface area contributed by atoms with Gasteiger partial charge in [0.15, 0.2) is 0 Å². The Hall–Kier alpha value is -1.52. The largest absolute Gasteiger partial charge is 0.396 e. The van der Waals surface area contributed by atoms with Crippen LogP contribution in [0.3, 0.4) is 0 Å². The van der Waals surface area contributed by atoms with Crippen LogP contribution < -0.4 is 5.32 Å². The van der Waals surface area contributed by atoms with Gasteiger partial charge in [0, 0.05) is 5.75 Å². The summed E-state index contributed by atoms with van der Waals surface area (Å²) in [4.78, 5) is 12.1. The van der Waals surface area contributed by atoms with E-state index in [1.165, 1.54) is 0 Å². The van der Waals surface area contributed by atoms with Gasteiger partial charge in [0.1, 0.15) is 5.37 Å². The van der Waals surface area contributed by atoms with Gasteiger partial charge in [-0.2, -0.15) is 0 Å². The van der Waals surface area contributed by atoms with E-state index in [2.05, 4.69) is 5.32 Å². The topological polar surface area (TPSA) is 49.3 Å². The van der Waals surface area contributed by atoms with Crippen molar-refractivity contribution in [2.75, 3.05) is 12.4 Å². The van der Waals surface area contributed by atoms with Gasteiger partial charge in [-0.3, -0.25) is 4.79 Å². The minimum atomic E-state index is -0.0377. The second-order valence-corrected chi connectivity index (χ2v) is 5.41. The van der Waals surface area contributed by atoms with Crippen LogP contribution in [0.2, 0.25) is 0 Å². The van der Waals surface area contributed by atoms with Crippen LogP contribution in [0.1, 0.15) is 21.3 Å². The number of amides is 1. The molecular formula is C14H13NO2S. The highest BCUT2D eigenvalue weighted by atomic mass is 32.2. The molecular weight excluding hydrogens is 246 g/mol. The fourth-order valence-corrected chi connectivity index (χ4v) is 3.24. The van der Waals surface area contributed by atoms with Gasteiger partial charge in [-0.25, -0.2) is 0 Å². The molecule has 0 fully saturated rings. The Kier molecular flexibility index (Phi) is 2.97. The first-order valence-electron chi connectivity index (χ1n) is 5.86. The summed E-state index contributed by atoms with van der Waals surface area (Å²) in [7, 11) is 0. The summed E-state index contributed by atoms with van der Waals surface area (Å²) in [5.74, 6) is 0.606. The first-order valence-corrected chi connectivity index (χ1v) is 6.91. The Bertz CT molecular complexity index is 612. The Morgan fingerprint density at radius 3 is 2.89 bits per heavy atom. The van der Waals surface area contributed by atoms with Crippen molar-refractivity contribution >= 4 is 28.4 Å². The van der Waals surface area contributed by atoms with E-state index in [9.17, 15) is 4.79 Å². The summed E-state index contributed by atoms with van der Waals surface area (Å²) in [5.41, 5.74) is 1.81. The van der Waals surface area contributed by atoms with Crippen molar-refractivity contribution in [1.82, 2.24) is 5.32 Å². The standard InChI is InChI=1S/C14H13NO2S/c16-7-8-18-14-11-6-5-9-3-1-2-4-10(9)12(11)13(17)15-14/h1-6,14,16H,7-8H2,(H,15,17). The number of carbonyl (C=O) groups excluding carboxylic acids is 1. The second-order valence-electron chi connectivity index (χ2n) is 4.20. The number of aliphatic hydroxyl groups excluding tert-OH is 1. The summed E-state index contributed by atoms with van der Waals surface area (Å²) in [5, 5.41) is 13.9. The van der Waals surface area contributed by atoms with Gasteiger partial charge in [-0.15, -0.1) is 11.8 Å². The van der Waals surface area contributed by atoms with Crippen LogP contribution in [0.5, 0.6) is 0 Å². The molecule has 0 aromatic heterocycles.